The third-order valence-electron chi connectivity index (χ3n) is 3.83. The Balaban J connectivity index is 2.18. The Hall–Kier alpha value is -1.22. The van der Waals surface area contributed by atoms with Crippen molar-refractivity contribution >= 4 is 5.69 Å². The number of hydrogen-bond donors (Lipinski definition) is 1. The molecule has 1 aromatic carbocycles. The van der Waals surface area contributed by atoms with E-state index in [4.69, 9.17) is 4.74 Å². The van der Waals surface area contributed by atoms with Crippen LogP contribution in [0.15, 0.2) is 24.3 Å². The fourth-order valence-corrected chi connectivity index (χ4v) is 2.35. The molecule has 0 spiro atoms. The van der Waals surface area contributed by atoms with Crippen LogP contribution in [-0.2, 0) is 0 Å². The Bertz CT molecular complexity index is 403. The highest BCUT2D eigenvalue weighted by atomic mass is 16.5. The third kappa shape index (κ3) is 2.61. The van der Waals surface area contributed by atoms with Gasteiger partial charge in [0.25, 0.3) is 0 Å². The smallest absolute Gasteiger partial charge is 0.142 e. The van der Waals surface area contributed by atoms with Gasteiger partial charge in [0.05, 0.1) is 18.4 Å². The van der Waals surface area contributed by atoms with Gasteiger partial charge in [-0.2, -0.15) is 0 Å². The summed E-state index contributed by atoms with van der Waals surface area (Å²) in [6.45, 7) is 8.56. The number of anilines is 1. The molecule has 1 heterocycles. The van der Waals surface area contributed by atoms with E-state index in [-0.39, 0.29) is 11.5 Å². The zero-order chi connectivity index (χ0) is 13.2. The highest BCUT2D eigenvalue weighted by Crippen LogP contribution is 2.36. The average molecular weight is 249 g/mol. The van der Waals surface area contributed by atoms with Crippen LogP contribution in [0.5, 0.6) is 5.75 Å². The molecule has 1 aliphatic heterocycles. The minimum absolute atomic E-state index is 0.0110. The molecule has 1 fully saturated rings. The summed E-state index contributed by atoms with van der Waals surface area (Å²) in [6.07, 6.45) is 0.704. The Morgan fingerprint density at radius 2 is 2.11 bits per heavy atom. The lowest BCUT2D eigenvalue weighted by atomic mass is 9.80. The molecule has 2 rings (SSSR count). The monoisotopic (exact) mass is 249 g/mol. The molecule has 3 heteroatoms. The topological polar surface area (TPSA) is 32.7 Å². The summed E-state index contributed by atoms with van der Waals surface area (Å²) >= 11 is 0. The molecule has 0 aliphatic carbocycles. The molecule has 1 atom stereocenters. The SMILES string of the molecule is CCOc1ccccc1N1CCC(C)(C)C(O)C1. The molecule has 0 bridgehead atoms. The van der Waals surface area contributed by atoms with Crippen molar-refractivity contribution in [3.8, 4) is 5.75 Å². The van der Waals surface area contributed by atoms with Crippen LogP contribution in [0.3, 0.4) is 0 Å². The largest absolute Gasteiger partial charge is 0.492 e. The number of piperidine rings is 1. The summed E-state index contributed by atoms with van der Waals surface area (Å²) < 4.78 is 5.65. The minimum Gasteiger partial charge on any atom is -0.492 e. The van der Waals surface area contributed by atoms with Gasteiger partial charge in [0.2, 0.25) is 0 Å². The first-order valence-corrected chi connectivity index (χ1v) is 6.69. The van der Waals surface area contributed by atoms with Crippen molar-refractivity contribution in [3.63, 3.8) is 0 Å². The number of nitrogens with zero attached hydrogens (tertiary/aromatic N) is 1. The van der Waals surface area contributed by atoms with Gasteiger partial charge >= 0.3 is 0 Å². The van der Waals surface area contributed by atoms with Gasteiger partial charge in [0, 0.05) is 13.1 Å². The second-order valence-electron chi connectivity index (χ2n) is 5.60. The van der Waals surface area contributed by atoms with Crippen molar-refractivity contribution in [3.05, 3.63) is 24.3 Å². The van der Waals surface area contributed by atoms with Crippen molar-refractivity contribution in [1.82, 2.24) is 0 Å². The number of benzene rings is 1. The molecule has 3 nitrogen and oxygen atoms in total. The average Bonchev–Trinajstić information content (AvgIpc) is 2.34. The van der Waals surface area contributed by atoms with E-state index in [2.05, 4.69) is 24.8 Å². The molecule has 100 valence electrons. The molecule has 18 heavy (non-hydrogen) atoms. The lowest BCUT2D eigenvalue weighted by Crippen LogP contribution is -2.48. The highest BCUT2D eigenvalue weighted by molar-refractivity contribution is 5.58. The van der Waals surface area contributed by atoms with Gasteiger partial charge in [-0.05, 0) is 30.9 Å². The Labute approximate surface area is 109 Å². The van der Waals surface area contributed by atoms with Crippen LogP contribution in [0, 0.1) is 5.41 Å². The molecule has 1 aliphatic rings. The van der Waals surface area contributed by atoms with E-state index in [9.17, 15) is 5.11 Å². The highest BCUT2D eigenvalue weighted by Gasteiger charge is 2.34. The second kappa shape index (κ2) is 5.19. The van der Waals surface area contributed by atoms with Crippen LogP contribution < -0.4 is 9.64 Å². The molecule has 0 aromatic heterocycles. The summed E-state index contributed by atoms with van der Waals surface area (Å²) in [7, 11) is 0. The first-order chi connectivity index (χ1) is 8.54. The van der Waals surface area contributed by atoms with Crippen molar-refractivity contribution in [2.75, 3.05) is 24.6 Å². The summed E-state index contributed by atoms with van der Waals surface area (Å²) in [5.74, 6) is 0.909. The number of aliphatic hydroxyl groups is 1. The van der Waals surface area contributed by atoms with Gasteiger partial charge in [-0.1, -0.05) is 26.0 Å². The minimum atomic E-state index is -0.291. The van der Waals surface area contributed by atoms with Crippen LogP contribution in [0.1, 0.15) is 27.2 Å². The first kappa shape index (κ1) is 13.2. The van der Waals surface area contributed by atoms with Gasteiger partial charge in [-0.25, -0.2) is 0 Å². The number of β-amino-alcohol motifs (C(OH)–C–C–N with tert-alkyl or cyclic N) is 1. The van der Waals surface area contributed by atoms with E-state index in [0.717, 1.165) is 24.4 Å². The van der Waals surface area contributed by atoms with E-state index < -0.39 is 0 Å². The lowest BCUT2D eigenvalue weighted by molar-refractivity contribution is 0.0350. The van der Waals surface area contributed by atoms with Crippen LogP contribution in [0.25, 0.3) is 0 Å². The van der Waals surface area contributed by atoms with E-state index in [1.54, 1.807) is 0 Å². The van der Waals surface area contributed by atoms with Crippen LogP contribution in [0.4, 0.5) is 5.69 Å². The number of hydrogen-bond acceptors (Lipinski definition) is 3. The quantitative estimate of drug-likeness (QED) is 0.894. The maximum absolute atomic E-state index is 10.2. The Kier molecular flexibility index (Phi) is 3.81. The van der Waals surface area contributed by atoms with Gasteiger partial charge in [-0.15, -0.1) is 0 Å². The standard InChI is InChI=1S/C15H23NO2/c1-4-18-13-8-6-5-7-12(13)16-10-9-15(2,3)14(17)11-16/h5-8,14,17H,4,9-11H2,1-3H3. The molecular formula is C15H23NO2. The summed E-state index contributed by atoms with van der Waals surface area (Å²) in [5, 5.41) is 10.2. The van der Waals surface area contributed by atoms with Crippen LogP contribution >= 0.6 is 0 Å². The van der Waals surface area contributed by atoms with E-state index in [0.29, 0.717) is 13.2 Å². The number of para-hydroxylation sites is 2. The summed E-state index contributed by atoms with van der Waals surface area (Å²) in [6, 6.07) is 8.06. The lowest BCUT2D eigenvalue weighted by Gasteiger charge is -2.42. The fraction of sp³-hybridized carbons (Fsp3) is 0.600. The molecule has 1 saturated heterocycles. The molecule has 1 aromatic rings. The van der Waals surface area contributed by atoms with E-state index in [1.807, 2.05) is 25.1 Å². The van der Waals surface area contributed by atoms with Gasteiger partial charge in [-0.3, -0.25) is 0 Å². The van der Waals surface area contributed by atoms with Crippen molar-refractivity contribution < 1.29 is 9.84 Å². The Morgan fingerprint density at radius 1 is 1.39 bits per heavy atom. The predicted octanol–water partition coefficient (Wildman–Crippen LogP) is 2.68. The normalized spacial score (nSPS) is 22.9. The third-order valence-corrected chi connectivity index (χ3v) is 3.83. The second-order valence-corrected chi connectivity index (χ2v) is 5.60. The number of aliphatic hydroxyl groups excluding tert-OH is 1. The first-order valence-electron chi connectivity index (χ1n) is 6.69. The Morgan fingerprint density at radius 3 is 2.78 bits per heavy atom. The van der Waals surface area contributed by atoms with Crippen LogP contribution in [-0.4, -0.2) is 30.9 Å². The van der Waals surface area contributed by atoms with Gasteiger partial charge < -0.3 is 14.7 Å². The van der Waals surface area contributed by atoms with Gasteiger partial charge in [0.1, 0.15) is 5.75 Å². The molecule has 0 amide bonds. The molecule has 0 saturated carbocycles. The predicted molar refractivity (Wildman–Crippen MR) is 74.2 cm³/mol. The van der Waals surface area contributed by atoms with Gasteiger partial charge in [0.15, 0.2) is 0 Å². The number of ether oxygens (including phenoxy) is 1. The molecule has 0 radical (unpaired) electrons. The summed E-state index contributed by atoms with van der Waals surface area (Å²) in [5.41, 5.74) is 1.10. The number of rotatable bonds is 3. The maximum atomic E-state index is 10.2. The molecule has 1 unspecified atom stereocenters. The van der Waals surface area contributed by atoms with E-state index in [1.165, 1.54) is 0 Å². The fourth-order valence-electron chi connectivity index (χ4n) is 2.35. The van der Waals surface area contributed by atoms with Crippen molar-refractivity contribution in [1.29, 1.82) is 0 Å². The zero-order valence-corrected chi connectivity index (χ0v) is 11.5. The van der Waals surface area contributed by atoms with Crippen molar-refractivity contribution in [2.24, 2.45) is 5.41 Å². The zero-order valence-electron chi connectivity index (χ0n) is 11.5. The van der Waals surface area contributed by atoms with Crippen molar-refractivity contribution in [2.45, 2.75) is 33.3 Å². The summed E-state index contributed by atoms with van der Waals surface area (Å²) in [4.78, 5) is 2.22. The molecule has 1 N–H and O–H groups in total. The molecular weight excluding hydrogens is 226 g/mol. The maximum Gasteiger partial charge on any atom is 0.142 e. The van der Waals surface area contributed by atoms with Crippen LogP contribution in [0.2, 0.25) is 0 Å². The van der Waals surface area contributed by atoms with E-state index >= 15 is 0 Å².